The molecule has 0 heterocycles. The summed E-state index contributed by atoms with van der Waals surface area (Å²) >= 11 is 0. The Kier molecular flexibility index (Phi) is 7.50. The normalized spacial score (nSPS) is 13.6. The summed E-state index contributed by atoms with van der Waals surface area (Å²) < 4.78 is 19.7. The molecule has 0 aromatic carbocycles. The molecule has 0 amide bonds. The first kappa shape index (κ1) is 13.4. The van der Waals surface area contributed by atoms with Crippen molar-refractivity contribution in [2.75, 3.05) is 28.4 Å². The van der Waals surface area contributed by atoms with Gasteiger partial charge in [0.05, 0.1) is 0 Å². The van der Waals surface area contributed by atoms with E-state index < -0.39 is 18.6 Å². The van der Waals surface area contributed by atoms with Crippen molar-refractivity contribution in [2.24, 2.45) is 5.18 Å². The summed E-state index contributed by atoms with van der Waals surface area (Å²) in [6, 6.07) is -0.644. The maximum absolute atomic E-state index is 10.5. The van der Waals surface area contributed by atoms with Crippen LogP contribution in [0.1, 0.15) is 6.42 Å². The molecule has 0 aromatic rings. The molecule has 0 aromatic heterocycles. The summed E-state index contributed by atoms with van der Waals surface area (Å²) in [6.07, 6.45) is -0.853. The minimum atomic E-state index is -0.666. The van der Waals surface area contributed by atoms with Crippen LogP contribution in [0, 0.1) is 4.91 Å². The minimum Gasteiger partial charge on any atom is -0.356 e. The lowest BCUT2D eigenvalue weighted by atomic mass is 10.2. The summed E-state index contributed by atoms with van der Waals surface area (Å²) in [5.41, 5.74) is 0. The molecular formula is C8H17NO5. The van der Waals surface area contributed by atoms with E-state index in [1.165, 1.54) is 28.4 Å². The van der Waals surface area contributed by atoms with Gasteiger partial charge in [0.2, 0.25) is 0 Å². The Morgan fingerprint density at radius 1 is 1.00 bits per heavy atom. The van der Waals surface area contributed by atoms with E-state index in [0.717, 1.165) is 0 Å². The standard InChI is InChI=1S/C8H17NO5/c1-11-7(12-2)5-6(9-10)8(13-3)14-4/h6-8H,5H2,1-4H3. The van der Waals surface area contributed by atoms with Gasteiger partial charge in [0.15, 0.2) is 12.6 Å². The van der Waals surface area contributed by atoms with Gasteiger partial charge < -0.3 is 18.9 Å². The number of hydrogen-bond donors (Lipinski definition) is 0. The van der Waals surface area contributed by atoms with E-state index in [9.17, 15) is 4.91 Å². The monoisotopic (exact) mass is 207 g/mol. The number of rotatable bonds is 8. The van der Waals surface area contributed by atoms with Gasteiger partial charge in [0.25, 0.3) is 0 Å². The minimum absolute atomic E-state index is 0.294. The lowest BCUT2D eigenvalue weighted by molar-refractivity contribution is -0.151. The number of ether oxygens (including phenoxy) is 4. The van der Waals surface area contributed by atoms with Crippen LogP contribution in [-0.2, 0) is 18.9 Å². The van der Waals surface area contributed by atoms with Crippen LogP contribution in [0.15, 0.2) is 5.18 Å². The zero-order chi connectivity index (χ0) is 11.0. The summed E-state index contributed by atoms with van der Waals surface area (Å²) in [5.74, 6) is 0. The van der Waals surface area contributed by atoms with Crippen LogP contribution in [0.4, 0.5) is 0 Å². The van der Waals surface area contributed by atoms with Crippen molar-refractivity contribution in [3.63, 3.8) is 0 Å². The fourth-order valence-corrected chi connectivity index (χ4v) is 1.10. The van der Waals surface area contributed by atoms with Gasteiger partial charge in [0, 0.05) is 34.9 Å². The summed E-state index contributed by atoms with van der Waals surface area (Å²) in [7, 11) is 5.87. The van der Waals surface area contributed by atoms with Crippen LogP contribution < -0.4 is 0 Å². The molecule has 84 valence electrons. The smallest absolute Gasteiger partial charge is 0.182 e. The predicted octanol–water partition coefficient (Wildman–Crippen LogP) is 0.749. The lowest BCUT2D eigenvalue weighted by Crippen LogP contribution is -2.32. The van der Waals surface area contributed by atoms with Crippen LogP contribution in [0.2, 0.25) is 0 Å². The van der Waals surface area contributed by atoms with Gasteiger partial charge in [-0.15, -0.1) is 0 Å². The molecule has 0 saturated heterocycles. The molecule has 0 bridgehead atoms. The van der Waals surface area contributed by atoms with Crippen LogP contribution in [-0.4, -0.2) is 47.1 Å². The van der Waals surface area contributed by atoms with E-state index in [1.54, 1.807) is 0 Å². The second-order valence-electron chi connectivity index (χ2n) is 2.65. The zero-order valence-corrected chi connectivity index (χ0v) is 8.93. The first-order valence-electron chi connectivity index (χ1n) is 4.17. The summed E-state index contributed by atoms with van der Waals surface area (Å²) in [4.78, 5) is 10.5. The Morgan fingerprint density at radius 3 is 1.79 bits per heavy atom. The van der Waals surface area contributed by atoms with E-state index in [4.69, 9.17) is 18.9 Å². The fourth-order valence-electron chi connectivity index (χ4n) is 1.10. The Labute approximate surface area is 83.4 Å². The van der Waals surface area contributed by atoms with E-state index >= 15 is 0 Å². The van der Waals surface area contributed by atoms with Crippen molar-refractivity contribution in [1.29, 1.82) is 0 Å². The number of nitrogens with zero attached hydrogens (tertiary/aromatic N) is 1. The topological polar surface area (TPSA) is 66.4 Å². The van der Waals surface area contributed by atoms with Crippen molar-refractivity contribution in [1.82, 2.24) is 0 Å². The predicted molar refractivity (Wildman–Crippen MR) is 49.8 cm³/mol. The van der Waals surface area contributed by atoms with Crippen LogP contribution in [0.3, 0.4) is 0 Å². The fraction of sp³-hybridized carbons (Fsp3) is 1.00. The average molecular weight is 207 g/mol. The maximum Gasteiger partial charge on any atom is 0.182 e. The highest BCUT2D eigenvalue weighted by Gasteiger charge is 2.25. The SMILES string of the molecule is COC(CC(N=O)C(OC)OC)OC. The molecule has 0 N–H and O–H groups in total. The molecule has 1 atom stereocenters. The molecule has 14 heavy (non-hydrogen) atoms. The molecule has 6 heteroatoms. The number of hydrogen-bond acceptors (Lipinski definition) is 6. The van der Waals surface area contributed by atoms with Gasteiger partial charge in [-0.3, -0.25) is 0 Å². The van der Waals surface area contributed by atoms with E-state index in [1.807, 2.05) is 0 Å². The molecule has 1 unspecified atom stereocenters. The third-order valence-electron chi connectivity index (χ3n) is 1.87. The van der Waals surface area contributed by atoms with Gasteiger partial charge in [-0.1, -0.05) is 5.18 Å². The van der Waals surface area contributed by atoms with Crippen molar-refractivity contribution in [3.8, 4) is 0 Å². The molecule has 0 rings (SSSR count). The third kappa shape index (κ3) is 4.10. The molecule has 0 aliphatic carbocycles. The Hall–Kier alpha value is -0.560. The zero-order valence-electron chi connectivity index (χ0n) is 8.93. The van der Waals surface area contributed by atoms with Gasteiger partial charge in [-0.25, -0.2) is 0 Å². The Balaban J connectivity index is 4.17. The van der Waals surface area contributed by atoms with Gasteiger partial charge in [0.1, 0.15) is 6.04 Å². The summed E-state index contributed by atoms with van der Waals surface area (Å²) in [5, 5.41) is 2.91. The lowest BCUT2D eigenvalue weighted by Gasteiger charge is -2.21. The van der Waals surface area contributed by atoms with Gasteiger partial charge >= 0.3 is 0 Å². The van der Waals surface area contributed by atoms with E-state index in [0.29, 0.717) is 6.42 Å². The quantitative estimate of drug-likeness (QED) is 0.434. The molecule has 0 aliphatic heterocycles. The number of methoxy groups -OCH3 is 4. The van der Waals surface area contributed by atoms with Gasteiger partial charge in [-0.05, 0) is 0 Å². The van der Waals surface area contributed by atoms with Crippen molar-refractivity contribution in [2.45, 2.75) is 25.0 Å². The molecular weight excluding hydrogens is 190 g/mol. The highest BCUT2D eigenvalue weighted by atomic mass is 16.7. The molecule has 0 radical (unpaired) electrons. The Morgan fingerprint density at radius 2 is 1.50 bits per heavy atom. The third-order valence-corrected chi connectivity index (χ3v) is 1.87. The molecule has 0 saturated carbocycles. The van der Waals surface area contributed by atoms with E-state index in [-0.39, 0.29) is 0 Å². The average Bonchev–Trinajstić information content (AvgIpc) is 2.24. The molecule has 0 spiro atoms. The first-order chi connectivity index (χ1) is 6.73. The largest absolute Gasteiger partial charge is 0.356 e. The molecule has 0 fully saturated rings. The van der Waals surface area contributed by atoms with Crippen molar-refractivity contribution >= 4 is 0 Å². The van der Waals surface area contributed by atoms with Crippen LogP contribution in [0.25, 0.3) is 0 Å². The second-order valence-corrected chi connectivity index (χ2v) is 2.65. The maximum atomic E-state index is 10.5. The van der Waals surface area contributed by atoms with Gasteiger partial charge in [-0.2, -0.15) is 4.91 Å². The molecule has 6 nitrogen and oxygen atoms in total. The van der Waals surface area contributed by atoms with E-state index in [2.05, 4.69) is 5.18 Å². The molecule has 0 aliphatic rings. The first-order valence-corrected chi connectivity index (χ1v) is 4.17. The van der Waals surface area contributed by atoms with Crippen molar-refractivity contribution in [3.05, 3.63) is 4.91 Å². The highest BCUT2D eigenvalue weighted by Crippen LogP contribution is 2.12. The van der Waals surface area contributed by atoms with Crippen LogP contribution >= 0.6 is 0 Å². The van der Waals surface area contributed by atoms with Crippen molar-refractivity contribution < 1.29 is 18.9 Å². The van der Waals surface area contributed by atoms with Crippen LogP contribution in [0.5, 0.6) is 0 Å². The highest BCUT2D eigenvalue weighted by molar-refractivity contribution is 4.71. The number of nitroso groups, excluding NO2 is 1. The summed E-state index contributed by atoms with van der Waals surface area (Å²) in [6.45, 7) is 0. The second kappa shape index (κ2) is 7.81. The Bertz CT molecular complexity index is 147.